The van der Waals surface area contributed by atoms with E-state index in [4.69, 9.17) is 14.2 Å². The molecular formula is C30H29NO4. The summed E-state index contributed by atoms with van der Waals surface area (Å²) in [4.78, 5) is 12.8. The van der Waals surface area contributed by atoms with Crippen LogP contribution in [0.4, 0.5) is 5.69 Å². The molecule has 0 aliphatic heterocycles. The van der Waals surface area contributed by atoms with E-state index < -0.39 is 0 Å². The molecule has 1 unspecified atom stereocenters. The molecule has 1 atom stereocenters. The number of hydrogen-bond acceptors (Lipinski definition) is 5. The molecule has 0 fully saturated rings. The molecule has 0 saturated heterocycles. The molecular weight excluding hydrogens is 438 g/mol. The van der Waals surface area contributed by atoms with Gasteiger partial charge in [-0.15, -0.1) is 0 Å². The summed E-state index contributed by atoms with van der Waals surface area (Å²) in [7, 11) is 0. The summed E-state index contributed by atoms with van der Waals surface area (Å²) in [5.41, 5.74) is 2.96. The Hall–Kier alpha value is -4.25. The summed E-state index contributed by atoms with van der Waals surface area (Å²) in [6.07, 6.45) is 0. The number of benzene rings is 4. The van der Waals surface area contributed by atoms with E-state index in [0.717, 1.165) is 22.6 Å². The molecule has 35 heavy (non-hydrogen) atoms. The molecule has 0 bridgehead atoms. The van der Waals surface area contributed by atoms with E-state index in [2.05, 4.69) is 5.32 Å². The molecule has 0 aliphatic carbocycles. The standard InChI is InChI=1S/C30H29NO4/c1-23(20-31-26-16-8-9-17-27(26)33-21-24-12-4-2-5-13-24)30(32)35-29-19-11-10-18-28(29)34-22-25-14-6-3-7-15-25/h2-19,23,31H,20-22H2,1H3. The van der Waals surface area contributed by atoms with E-state index >= 15 is 0 Å². The maximum Gasteiger partial charge on any atom is 0.315 e. The Morgan fingerprint density at radius 2 is 1.14 bits per heavy atom. The van der Waals surface area contributed by atoms with Gasteiger partial charge in [0.05, 0.1) is 11.6 Å². The first-order valence-corrected chi connectivity index (χ1v) is 11.7. The van der Waals surface area contributed by atoms with Crippen LogP contribution in [0.1, 0.15) is 18.1 Å². The van der Waals surface area contributed by atoms with Crippen LogP contribution in [-0.2, 0) is 18.0 Å². The van der Waals surface area contributed by atoms with Crippen molar-refractivity contribution in [2.45, 2.75) is 20.1 Å². The number of carbonyl (C=O) groups excluding carboxylic acids is 1. The van der Waals surface area contributed by atoms with Crippen molar-refractivity contribution in [2.75, 3.05) is 11.9 Å². The highest BCUT2D eigenvalue weighted by molar-refractivity contribution is 5.76. The van der Waals surface area contributed by atoms with Crippen LogP contribution in [0.5, 0.6) is 17.2 Å². The minimum Gasteiger partial charge on any atom is -0.487 e. The van der Waals surface area contributed by atoms with Gasteiger partial charge < -0.3 is 19.5 Å². The van der Waals surface area contributed by atoms with Gasteiger partial charge in [-0.1, -0.05) is 91.9 Å². The zero-order valence-electron chi connectivity index (χ0n) is 19.7. The van der Waals surface area contributed by atoms with Gasteiger partial charge in [0, 0.05) is 6.54 Å². The second-order valence-electron chi connectivity index (χ2n) is 8.19. The van der Waals surface area contributed by atoms with E-state index in [1.807, 2.05) is 104 Å². The first-order chi connectivity index (χ1) is 17.2. The number of esters is 1. The Labute approximate surface area is 206 Å². The third-order valence-corrected chi connectivity index (χ3v) is 5.42. The van der Waals surface area contributed by atoms with Gasteiger partial charge in [0.25, 0.3) is 0 Å². The first-order valence-electron chi connectivity index (χ1n) is 11.7. The second kappa shape index (κ2) is 12.3. The Balaban J connectivity index is 1.32. The van der Waals surface area contributed by atoms with Crippen molar-refractivity contribution in [1.82, 2.24) is 0 Å². The van der Waals surface area contributed by atoms with E-state index in [1.165, 1.54) is 0 Å². The van der Waals surface area contributed by atoms with Crippen molar-refractivity contribution < 1.29 is 19.0 Å². The monoisotopic (exact) mass is 467 g/mol. The molecule has 4 aromatic carbocycles. The lowest BCUT2D eigenvalue weighted by atomic mass is 10.1. The highest BCUT2D eigenvalue weighted by Crippen LogP contribution is 2.29. The van der Waals surface area contributed by atoms with Crippen molar-refractivity contribution >= 4 is 11.7 Å². The Bertz CT molecular complexity index is 1210. The summed E-state index contributed by atoms with van der Waals surface area (Å²) in [5.74, 6) is 0.947. The van der Waals surface area contributed by atoms with Gasteiger partial charge in [-0.25, -0.2) is 0 Å². The molecule has 0 radical (unpaired) electrons. The predicted octanol–water partition coefficient (Wildman–Crippen LogP) is 6.50. The number of rotatable bonds is 11. The van der Waals surface area contributed by atoms with Crippen molar-refractivity contribution in [3.8, 4) is 17.2 Å². The maximum absolute atomic E-state index is 12.8. The van der Waals surface area contributed by atoms with Crippen LogP contribution in [0.2, 0.25) is 0 Å². The number of anilines is 1. The molecule has 5 heteroatoms. The highest BCUT2D eigenvalue weighted by atomic mass is 16.6. The van der Waals surface area contributed by atoms with Gasteiger partial charge in [-0.2, -0.15) is 0 Å². The molecule has 5 nitrogen and oxygen atoms in total. The molecule has 0 aliphatic rings. The number of nitrogens with one attached hydrogen (secondary N) is 1. The normalized spacial score (nSPS) is 11.3. The fraction of sp³-hybridized carbons (Fsp3) is 0.167. The molecule has 1 N–H and O–H groups in total. The zero-order valence-corrected chi connectivity index (χ0v) is 19.7. The third-order valence-electron chi connectivity index (χ3n) is 5.42. The van der Waals surface area contributed by atoms with Crippen molar-refractivity contribution in [1.29, 1.82) is 0 Å². The number of ether oxygens (including phenoxy) is 3. The van der Waals surface area contributed by atoms with Crippen LogP contribution in [0.15, 0.2) is 109 Å². The SMILES string of the molecule is CC(CNc1ccccc1OCc1ccccc1)C(=O)Oc1ccccc1OCc1ccccc1. The summed E-state index contributed by atoms with van der Waals surface area (Å²) < 4.78 is 17.6. The quantitative estimate of drug-likeness (QED) is 0.202. The van der Waals surface area contributed by atoms with Crippen LogP contribution >= 0.6 is 0 Å². The molecule has 0 heterocycles. The van der Waals surface area contributed by atoms with Gasteiger partial charge in [-0.05, 0) is 35.4 Å². The topological polar surface area (TPSA) is 56.8 Å². The maximum atomic E-state index is 12.8. The van der Waals surface area contributed by atoms with Crippen LogP contribution in [0.25, 0.3) is 0 Å². The molecule has 0 aromatic heterocycles. The van der Waals surface area contributed by atoms with Gasteiger partial charge in [0.15, 0.2) is 11.5 Å². The molecule has 0 amide bonds. The van der Waals surface area contributed by atoms with Crippen molar-refractivity contribution in [3.63, 3.8) is 0 Å². The van der Waals surface area contributed by atoms with Crippen LogP contribution in [0.3, 0.4) is 0 Å². The average molecular weight is 468 g/mol. The van der Waals surface area contributed by atoms with Gasteiger partial charge in [0.2, 0.25) is 0 Å². The molecule has 178 valence electrons. The smallest absolute Gasteiger partial charge is 0.315 e. The minimum absolute atomic E-state index is 0.337. The van der Waals surface area contributed by atoms with Crippen LogP contribution in [-0.4, -0.2) is 12.5 Å². The van der Waals surface area contributed by atoms with E-state index in [0.29, 0.717) is 31.3 Å². The minimum atomic E-state index is -0.389. The molecule has 4 rings (SSSR count). The highest BCUT2D eigenvalue weighted by Gasteiger charge is 2.18. The molecule has 0 saturated carbocycles. The lowest BCUT2D eigenvalue weighted by Gasteiger charge is -2.17. The largest absolute Gasteiger partial charge is 0.487 e. The summed E-state index contributed by atoms with van der Waals surface area (Å²) in [5, 5.41) is 3.32. The van der Waals surface area contributed by atoms with E-state index in [-0.39, 0.29) is 11.9 Å². The van der Waals surface area contributed by atoms with Gasteiger partial charge in [0.1, 0.15) is 19.0 Å². The Morgan fingerprint density at radius 1 is 0.657 bits per heavy atom. The third kappa shape index (κ3) is 7.11. The van der Waals surface area contributed by atoms with Crippen LogP contribution < -0.4 is 19.5 Å². The predicted molar refractivity (Wildman–Crippen MR) is 138 cm³/mol. The number of para-hydroxylation sites is 4. The Morgan fingerprint density at radius 3 is 1.77 bits per heavy atom. The second-order valence-corrected chi connectivity index (χ2v) is 8.19. The van der Waals surface area contributed by atoms with E-state index in [9.17, 15) is 4.79 Å². The van der Waals surface area contributed by atoms with Crippen molar-refractivity contribution in [3.05, 3.63) is 120 Å². The van der Waals surface area contributed by atoms with Gasteiger partial charge in [-0.3, -0.25) is 4.79 Å². The lowest BCUT2D eigenvalue weighted by Crippen LogP contribution is -2.25. The fourth-order valence-corrected chi connectivity index (χ4v) is 3.42. The fourth-order valence-electron chi connectivity index (χ4n) is 3.42. The molecule has 0 spiro atoms. The lowest BCUT2D eigenvalue weighted by molar-refractivity contribution is -0.138. The van der Waals surface area contributed by atoms with Crippen LogP contribution in [0, 0.1) is 5.92 Å². The number of carbonyl (C=O) groups is 1. The first kappa shape index (κ1) is 23.9. The number of hydrogen-bond donors (Lipinski definition) is 1. The molecule has 4 aromatic rings. The Kier molecular flexibility index (Phi) is 8.38. The summed E-state index contributed by atoms with van der Waals surface area (Å²) >= 11 is 0. The average Bonchev–Trinajstić information content (AvgIpc) is 2.91. The zero-order chi connectivity index (χ0) is 24.3. The summed E-state index contributed by atoms with van der Waals surface area (Å²) in [6, 6.07) is 34.8. The van der Waals surface area contributed by atoms with Gasteiger partial charge >= 0.3 is 5.97 Å². The van der Waals surface area contributed by atoms with Crippen molar-refractivity contribution in [2.24, 2.45) is 5.92 Å². The van der Waals surface area contributed by atoms with E-state index in [1.54, 1.807) is 12.1 Å². The summed E-state index contributed by atoms with van der Waals surface area (Å²) in [6.45, 7) is 3.09.